The quantitative estimate of drug-likeness (QED) is 0.835. The van der Waals surface area contributed by atoms with E-state index in [0.29, 0.717) is 0 Å². The molecule has 0 saturated carbocycles. The van der Waals surface area contributed by atoms with Crippen LogP contribution in [0.3, 0.4) is 0 Å². The third kappa shape index (κ3) is 3.44. The molecule has 0 unspecified atom stereocenters. The summed E-state index contributed by atoms with van der Waals surface area (Å²) in [5, 5.41) is 10.4. The van der Waals surface area contributed by atoms with Crippen LogP contribution in [0.25, 0.3) is 0 Å². The second-order valence-electron chi connectivity index (χ2n) is 4.31. The van der Waals surface area contributed by atoms with E-state index in [0.717, 1.165) is 37.4 Å². The van der Waals surface area contributed by atoms with Crippen molar-refractivity contribution in [1.29, 1.82) is 0 Å². The fourth-order valence-corrected chi connectivity index (χ4v) is 2.04. The van der Waals surface area contributed by atoms with E-state index in [1.54, 1.807) is 4.68 Å². The lowest BCUT2D eigenvalue weighted by molar-refractivity contribution is -0.120. The Morgan fingerprint density at radius 3 is 2.71 bits per heavy atom. The summed E-state index contributed by atoms with van der Waals surface area (Å²) >= 11 is 0. The van der Waals surface area contributed by atoms with Gasteiger partial charge in [-0.3, -0.25) is 9.48 Å². The van der Waals surface area contributed by atoms with Gasteiger partial charge in [0.05, 0.1) is 5.69 Å². The Kier molecular flexibility index (Phi) is 4.96. The molecule has 0 aromatic carbocycles. The highest BCUT2D eigenvalue weighted by atomic mass is 35.5. The number of nitrogens with one attached hydrogen (secondary N) is 2. The molecule has 1 aromatic rings. The van der Waals surface area contributed by atoms with Crippen molar-refractivity contribution >= 4 is 24.1 Å². The Balaban J connectivity index is 0.00000144. The molecule has 0 aliphatic carbocycles. The van der Waals surface area contributed by atoms with Crippen LogP contribution in [0, 0.1) is 12.8 Å². The van der Waals surface area contributed by atoms with Crippen LogP contribution in [0.15, 0.2) is 6.07 Å². The fraction of sp³-hybridized carbons (Fsp3) is 0.636. The Morgan fingerprint density at radius 1 is 1.53 bits per heavy atom. The van der Waals surface area contributed by atoms with E-state index < -0.39 is 0 Å². The van der Waals surface area contributed by atoms with E-state index in [1.165, 1.54) is 0 Å². The maximum Gasteiger partial charge on any atom is 0.228 e. The van der Waals surface area contributed by atoms with Crippen molar-refractivity contribution < 1.29 is 4.79 Å². The van der Waals surface area contributed by atoms with Gasteiger partial charge in [-0.05, 0) is 32.9 Å². The molecule has 1 aliphatic heterocycles. The fourth-order valence-electron chi connectivity index (χ4n) is 2.04. The third-order valence-electron chi connectivity index (χ3n) is 2.96. The Labute approximate surface area is 107 Å². The number of anilines is 1. The molecule has 2 rings (SSSR count). The Morgan fingerprint density at radius 2 is 2.18 bits per heavy atom. The van der Waals surface area contributed by atoms with E-state index in [2.05, 4.69) is 15.7 Å². The number of hydrogen-bond donors (Lipinski definition) is 2. The van der Waals surface area contributed by atoms with Crippen LogP contribution < -0.4 is 10.6 Å². The molecule has 2 N–H and O–H groups in total. The lowest BCUT2D eigenvalue weighted by Crippen LogP contribution is -2.34. The summed E-state index contributed by atoms with van der Waals surface area (Å²) in [7, 11) is 1.84. The van der Waals surface area contributed by atoms with Gasteiger partial charge in [-0.1, -0.05) is 0 Å². The standard InChI is InChI=1S/C11H18N4O.ClH/c1-8-7-10(15(2)14-8)13-11(16)9-3-5-12-6-4-9;/h7,9,12H,3-6H2,1-2H3,(H,13,16);1H. The van der Waals surface area contributed by atoms with Gasteiger partial charge in [-0.25, -0.2) is 0 Å². The van der Waals surface area contributed by atoms with E-state index >= 15 is 0 Å². The van der Waals surface area contributed by atoms with Gasteiger partial charge in [0.25, 0.3) is 0 Å². The van der Waals surface area contributed by atoms with Gasteiger partial charge in [-0.2, -0.15) is 5.10 Å². The van der Waals surface area contributed by atoms with Crippen LogP contribution >= 0.6 is 12.4 Å². The van der Waals surface area contributed by atoms with Crippen LogP contribution in [0.1, 0.15) is 18.5 Å². The first-order valence-electron chi connectivity index (χ1n) is 5.69. The van der Waals surface area contributed by atoms with Crippen molar-refractivity contribution in [2.45, 2.75) is 19.8 Å². The number of piperidine rings is 1. The average Bonchev–Trinajstić information content (AvgIpc) is 2.59. The van der Waals surface area contributed by atoms with Crippen molar-refractivity contribution in [3.63, 3.8) is 0 Å². The highest BCUT2D eigenvalue weighted by Crippen LogP contribution is 2.15. The summed E-state index contributed by atoms with van der Waals surface area (Å²) in [6, 6.07) is 1.89. The Bertz CT molecular complexity index is 385. The van der Waals surface area contributed by atoms with Crippen LogP contribution in [-0.2, 0) is 11.8 Å². The molecule has 1 aromatic heterocycles. The van der Waals surface area contributed by atoms with Crippen molar-refractivity contribution in [2.75, 3.05) is 18.4 Å². The molecule has 0 atom stereocenters. The summed E-state index contributed by atoms with van der Waals surface area (Å²) in [5.74, 6) is 1.03. The number of amides is 1. The number of halogens is 1. The topological polar surface area (TPSA) is 59.0 Å². The van der Waals surface area contributed by atoms with E-state index in [-0.39, 0.29) is 24.2 Å². The van der Waals surface area contributed by atoms with Gasteiger partial charge in [0.1, 0.15) is 5.82 Å². The van der Waals surface area contributed by atoms with Crippen molar-refractivity contribution in [1.82, 2.24) is 15.1 Å². The smallest absolute Gasteiger partial charge is 0.228 e. The van der Waals surface area contributed by atoms with Crippen LogP contribution in [-0.4, -0.2) is 28.8 Å². The highest BCUT2D eigenvalue weighted by Gasteiger charge is 2.21. The average molecular weight is 259 g/mol. The minimum atomic E-state index is 0. The lowest BCUT2D eigenvalue weighted by Gasteiger charge is -2.21. The number of nitrogens with zero attached hydrogens (tertiary/aromatic N) is 2. The zero-order chi connectivity index (χ0) is 11.5. The maximum atomic E-state index is 11.9. The number of rotatable bonds is 2. The van der Waals surface area contributed by atoms with Crippen molar-refractivity contribution in [3.8, 4) is 0 Å². The highest BCUT2D eigenvalue weighted by molar-refractivity contribution is 5.91. The predicted octanol–water partition coefficient (Wildman–Crippen LogP) is 1.09. The van der Waals surface area contributed by atoms with Gasteiger partial charge < -0.3 is 10.6 Å². The zero-order valence-electron chi connectivity index (χ0n) is 10.2. The van der Waals surface area contributed by atoms with Gasteiger partial charge in [-0.15, -0.1) is 12.4 Å². The first kappa shape index (κ1) is 14.0. The second-order valence-corrected chi connectivity index (χ2v) is 4.31. The number of aryl methyl sites for hydroxylation is 2. The minimum absolute atomic E-state index is 0. The molecule has 6 heteroatoms. The molecule has 0 radical (unpaired) electrons. The number of carbonyl (C=O) groups is 1. The molecule has 5 nitrogen and oxygen atoms in total. The summed E-state index contributed by atoms with van der Waals surface area (Å²) in [6.07, 6.45) is 1.84. The normalized spacial score (nSPS) is 16.4. The number of aromatic nitrogens is 2. The van der Waals surface area contributed by atoms with Crippen molar-refractivity contribution in [2.24, 2.45) is 13.0 Å². The summed E-state index contributed by atoms with van der Waals surface area (Å²) in [5.41, 5.74) is 0.920. The third-order valence-corrected chi connectivity index (χ3v) is 2.96. The first-order valence-corrected chi connectivity index (χ1v) is 5.69. The summed E-state index contributed by atoms with van der Waals surface area (Å²) in [4.78, 5) is 11.9. The Hall–Kier alpha value is -1.07. The monoisotopic (exact) mass is 258 g/mol. The van der Waals surface area contributed by atoms with E-state index in [4.69, 9.17) is 0 Å². The molecule has 1 fully saturated rings. The van der Waals surface area contributed by atoms with E-state index in [9.17, 15) is 4.79 Å². The maximum absolute atomic E-state index is 11.9. The van der Waals surface area contributed by atoms with Gasteiger partial charge in [0.2, 0.25) is 5.91 Å². The largest absolute Gasteiger partial charge is 0.317 e. The van der Waals surface area contributed by atoms with Crippen molar-refractivity contribution in [3.05, 3.63) is 11.8 Å². The number of carbonyl (C=O) groups excluding carboxylic acids is 1. The van der Waals surface area contributed by atoms with Crippen LogP contribution in [0.5, 0.6) is 0 Å². The van der Waals surface area contributed by atoms with Crippen LogP contribution in [0.2, 0.25) is 0 Å². The van der Waals surface area contributed by atoms with Gasteiger partial charge in [0.15, 0.2) is 0 Å². The van der Waals surface area contributed by atoms with Gasteiger partial charge in [0, 0.05) is 19.0 Å². The zero-order valence-corrected chi connectivity index (χ0v) is 11.0. The molecule has 2 heterocycles. The summed E-state index contributed by atoms with van der Waals surface area (Å²) < 4.78 is 1.70. The lowest BCUT2D eigenvalue weighted by atomic mass is 9.97. The molecule has 0 spiro atoms. The van der Waals surface area contributed by atoms with Gasteiger partial charge >= 0.3 is 0 Å². The molecule has 0 bridgehead atoms. The minimum Gasteiger partial charge on any atom is -0.317 e. The van der Waals surface area contributed by atoms with Crippen LogP contribution in [0.4, 0.5) is 5.82 Å². The summed E-state index contributed by atoms with van der Waals surface area (Å²) in [6.45, 7) is 3.78. The second kappa shape index (κ2) is 6.02. The molecule has 1 aliphatic rings. The predicted molar refractivity (Wildman–Crippen MR) is 69.4 cm³/mol. The van der Waals surface area contributed by atoms with E-state index in [1.807, 2.05) is 20.0 Å². The molecular weight excluding hydrogens is 240 g/mol. The molecule has 96 valence electrons. The molecule has 17 heavy (non-hydrogen) atoms. The first-order chi connectivity index (χ1) is 7.66. The molecular formula is C11H19ClN4O. The molecule has 1 saturated heterocycles. The molecule has 1 amide bonds. The number of hydrogen-bond acceptors (Lipinski definition) is 3. The SMILES string of the molecule is Cc1cc(NC(=O)C2CCNCC2)n(C)n1.Cl.